The van der Waals surface area contributed by atoms with E-state index in [2.05, 4.69) is 10.6 Å². The first-order valence-corrected chi connectivity index (χ1v) is 6.89. The highest BCUT2D eigenvalue weighted by atomic mass is 16.1. The molecule has 0 aliphatic carbocycles. The lowest BCUT2D eigenvalue weighted by Gasteiger charge is -2.18. The van der Waals surface area contributed by atoms with Crippen molar-refractivity contribution in [3.63, 3.8) is 0 Å². The van der Waals surface area contributed by atoms with Gasteiger partial charge in [-0.1, -0.05) is 12.1 Å². The summed E-state index contributed by atoms with van der Waals surface area (Å²) in [6.45, 7) is 1.94. The summed E-state index contributed by atoms with van der Waals surface area (Å²) in [6, 6.07) is 13.5. The van der Waals surface area contributed by atoms with Crippen molar-refractivity contribution >= 4 is 23.0 Å². The van der Waals surface area contributed by atoms with Gasteiger partial charge < -0.3 is 15.5 Å². The molecule has 0 spiro atoms. The highest BCUT2D eigenvalue weighted by molar-refractivity contribution is 6.07. The van der Waals surface area contributed by atoms with Crippen molar-refractivity contribution in [1.82, 2.24) is 0 Å². The van der Waals surface area contributed by atoms with Crippen LogP contribution < -0.4 is 15.5 Å². The van der Waals surface area contributed by atoms with Crippen molar-refractivity contribution in [2.24, 2.45) is 0 Å². The summed E-state index contributed by atoms with van der Waals surface area (Å²) in [5, 5.41) is 6.05. The normalized spacial score (nSPS) is 10.1. The molecule has 2 aromatic carbocycles. The predicted molar refractivity (Wildman–Crippen MR) is 89.4 cm³/mol. The van der Waals surface area contributed by atoms with Gasteiger partial charge >= 0.3 is 0 Å². The molecule has 0 saturated heterocycles. The molecule has 4 nitrogen and oxygen atoms in total. The number of hydrogen-bond donors (Lipinski definition) is 2. The molecule has 2 rings (SSSR count). The molecule has 0 heterocycles. The van der Waals surface area contributed by atoms with Crippen LogP contribution in [0, 0.1) is 6.92 Å². The van der Waals surface area contributed by atoms with E-state index in [0.717, 1.165) is 22.6 Å². The molecule has 110 valence electrons. The van der Waals surface area contributed by atoms with Crippen molar-refractivity contribution in [3.8, 4) is 0 Å². The summed E-state index contributed by atoms with van der Waals surface area (Å²) >= 11 is 0. The monoisotopic (exact) mass is 283 g/mol. The Morgan fingerprint density at radius 1 is 1.10 bits per heavy atom. The SMILES string of the molecule is CNc1ccc(C(=O)Nc2ccccc2N(C)C)c(C)c1. The number of aryl methyl sites for hydroxylation is 1. The molecule has 0 aliphatic heterocycles. The lowest BCUT2D eigenvalue weighted by atomic mass is 10.1. The van der Waals surface area contributed by atoms with Gasteiger partial charge in [0.2, 0.25) is 0 Å². The Morgan fingerprint density at radius 2 is 1.81 bits per heavy atom. The molecule has 0 aliphatic rings. The van der Waals surface area contributed by atoms with E-state index in [0.29, 0.717) is 5.56 Å². The predicted octanol–water partition coefficient (Wildman–Crippen LogP) is 3.36. The minimum Gasteiger partial charge on any atom is -0.388 e. The second kappa shape index (κ2) is 6.31. The van der Waals surface area contributed by atoms with Crippen LogP contribution in [0.4, 0.5) is 17.1 Å². The first-order valence-electron chi connectivity index (χ1n) is 6.89. The van der Waals surface area contributed by atoms with Gasteiger partial charge in [-0.2, -0.15) is 0 Å². The molecular weight excluding hydrogens is 262 g/mol. The molecule has 0 atom stereocenters. The molecule has 0 radical (unpaired) electrons. The van der Waals surface area contributed by atoms with Gasteiger partial charge in [-0.25, -0.2) is 0 Å². The summed E-state index contributed by atoms with van der Waals surface area (Å²) in [5.41, 5.74) is 4.42. The highest BCUT2D eigenvalue weighted by Gasteiger charge is 2.12. The Bertz CT molecular complexity index is 650. The molecule has 0 bridgehead atoms. The number of para-hydroxylation sites is 2. The molecule has 1 amide bonds. The number of carbonyl (C=O) groups is 1. The molecule has 2 N–H and O–H groups in total. The van der Waals surface area contributed by atoms with E-state index in [-0.39, 0.29) is 5.91 Å². The summed E-state index contributed by atoms with van der Waals surface area (Å²) in [6.07, 6.45) is 0. The molecule has 0 fully saturated rings. The summed E-state index contributed by atoms with van der Waals surface area (Å²) in [4.78, 5) is 14.4. The number of benzene rings is 2. The van der Waals surface area contributed by atoms with Crippen LogP contribution in [-0.4, -0.2) is 27.1 Å². The first-order chi connectivity index (χ1) is 10.0. The average molecular weight is 283 g/mol. The highest BCUT2D eigenvalue weighted by Crippen LogP contribution is 2.24. The van der Waals surface area contributed by atoms with Crippen molar-refractivity contribution in [2.45, 2.75) is 6.92 Å². The zero-order chi connectivity index (χ0) is 15.4. The number of amides is 1. The maximum atomic E-state index is 12.5. The van der Waals surface area contributed by atoms with Crippen molar-refractivity contribution in [2.75, 3.05) is 36.7 Å². The fraction of sp³-hybridized carbons (Fsp3) is 0.235. The largest absolute Gasteiger partial charge is 0.388 e. The molecule has 0 unspecified atom stereocenters. The quantitative estimate of drug-likeness (QED) is 0.904. The summed E-state index contributed by atoms with van der Waals surface area (Å²) in [7, 11) is 5.78. The molecule has 4 heteroatoms. The van der Waals surface area contributed by atoms with Gasteiger partial charge in [0.1, 0.15) is 0 Å². The number of rotatable bonds is 4. The van der Waals surface area contributed by atoms with Crippen LogP contribution in [0.2, 0.25) is 0 Å². The maximum absolute atomic E-state index is 12.5. The first kappa shape index (κ1) is 14.9. The van der Waals surface area contributed by atoms with Crippen LogP contribution in [0.25, 0.3) is 0 Å². The Balaban J connectivity index is 2.26. The minimum atomic E-state index is -0.0931. The number of carbonyl (C=O) groups excluding carboxylic acids is 1. The second-order valence-corrected chi connectivity index (χ2v) is 5.15. The van der Waals surface area contributed by atoms with E-state index in [9.17, 15) is 4.79 Å². The molecule has 2 aromatic rings. The lowest BCUT2D eigenvalue weighted by Crippen LogP contribution is -2.17. The van der Waals surface area contributed by atoms with Gasteiger partial charge in [-0.15, -0.1) is 0 Å². The Hall–Kier alpha value is -2.49. The number of anilines is 3. The second-order valence-electron chi connectivity index (χ2n) is 5.15. The minimum absolute atomic E-state index is 0.0931. The smallest absolute Gasteiger partial charge is 0.255 e. The fourth-order valence-electron chi connectivity index (χ4n) is 2.23. The standard InChI is InChI=1S/C17H21N3O/c1-12-11-13(18-2)9-10-14(12)17(21)19-15-7-5-6-8-16(15)20(3)4/h5-11,18H,1-4H3,(H,19,21). The average Bonchev–Trinajstić information content (AvgIpc) is 2.47. The van der Waals surface area contributed by atoms with Gasteiger partial charge in [0.05, 0.1) is 11.4 Å². The van der Waals surface area contributed by atoms with Gasteiger partial charge in [0.25, 0.3) is 5.91 Å². The van der Waals surface area contributed by atoms with E-state index >= 15 is 0 Å². The van der Waals surface area contributed by atoms with E-state index in [1.54, 1.807) is 0 Å². The topological polar surface area (TPSA) is 44.4 Å². The summed E-state index contributed by atoms with van der Waals surface area (Å²) in [5.74, 6) is -0.0931. The van der Waals surface area contributed by atoms with Crippen LogP contribution in [-0.2, 0) is 0 Å². The van der Waals surface area contributed by atoms with Crippen molar-refractivity contribution in [1.29, 1.82) is 0 Å². The van der Waals surface area contributed by atoms with Gasteiger partial charge in [-0.05, 0) is 42.8 Å². The van der Waals surface area contributed by atoms with Crippen LogP contribution >= 0.6 is 0 Å². The number of hydrogen-bond acceptors (Lipinski definition) is 3. The van der Waals surface area contributed by atoms with Gasteiger partial charge in [0.15, 0.2) is 0 Å². The zero-order valence-corrected chi connectivity index (χ0v) is 12.9. The van der Waals surface area contributed by atoms with Crippen molar-refractivity contribution in [3.05, 3.63) is 53.6 Å². The van der Waals surface area contributed by atoms with Crippen LogP contribution in [0.3, 0.4) is 0 Å². The summed E-state index contributed by atoms with van der Waals surface area (Å²) < 4.78 is 0. The van der Waals surface area contributed by atoms with E-state index in [4.69, 9.17) is 0 Å². The van der Waals surface area contributed by atoms with Gasteiger partial charge in [0, 0.05) is 32.4 Å². The van der Waals surface area contributed by atoms with Crippen LogP contribution in [0.1, 0.15) is 15.9 Å². The fourth-order valence-corrected chi connectivity index (χ4v) is 2.23. The lowest BCUT2D eigenvalue weighted by molar-refractivity contribution is 0.102. The number of nitrogens with zero attached hydrogens (tertiary/aromatic N) is 1. The van der Waals surface area contributed by atoms with Crippen molar-refractivity contribution < 1.29 is 4.79 Å². The van der Waals surface area contributed by atoms with Gasteiger partial charge in [-0.3, -0.25) is 4.79 Å². The Kier molecular flexibility index (Phi) is 4.48. The molecule has 0 aromatic heterocycles. The van der Waals surface area contributed by atoms with E-state index in [1.807, 2.05) is 75.4 Å². The third-order valence-corrected chi connectivity index (χ3v) is 3.39. The third-order valence-electron chi connectivity index (χ3n) is 3.39. The molecular formula is C17H21N3O. The Morgan fingerprint density at radius 3 is 2.43 bits per heavy atom. The maximum Gasteiger partial charge on any atom is 0.255 e. The van der Waals surface area contributed by atoms with Crippen LogP contribution in [0.15, 0.2) is 42.5 Å². The number of nitrogens with one attached hydrogen (secondary N) is 2. The zero-order valence-electron chi connectivity index (χ0n) is 12.9. The van der Waals surface area contributed by atoms with Crippen LogP contribution in [0.5, 0.6) is 0 Å². The third kappa shape index (κ3) is 3.34. The van der Waals surface area contributed by atoms with E-state index < -0.39 is 0 Å². The van der Waals surface area contributed by atoms with E-state index in [1.165, 1.54) is 0 Å². The molecule has 0 saturated carbocycles. The molecule has 21 heavy (non-hydrogen) atoms. The Labute approximate surface area is 125 Å².